The highest BCUT2D eigenvalue weighted by atomic mass is 35.5. The minimum absolute atomic E-state index is 0.121. The maximum absolute atomic E-state index is 13.8. The smallest absolute Gasteiger partial charge is 0.335 e. The first-order chi connectivity index (χ1) is 9.91. The lowest BCUT2D eigenvalue weighted by atomic mass is 10.1. The molecule has 5 heteroatoms. The minimum Gasteiger partial charge on any atom is -0.478 e. The SMILES string of the molecule is CC(c1ccccc1F)N(C)c1ccc(C(=O)O)cc1Cl. The molecule has 1 unspecified atom stereocenters. The van der Waals surface area contributed by atoms with Gasteiger partial charge in [-0.25, -0.2) is 9.18 Å². The third kappa shape index (κ3) is 3.16. The predicted molar refractivity (Wildman–Crippen MR) is 81.6 cm³/mol. The molecule has 0 saturated carbocycles. The second kappa shape index (κ2) is 6.14. The van der Waals surface area contributed by atoms with Crippen molar-refractivity contribution in [2.45, 2.75) is 13.0 Å². The van der Waals surface area contributed by atoms with E-state index in [0.29, 0.717) is 16.3 Å². The van der Waals surface area contributed by atoms with Gasteiger partial charge >= 0.3 is 5.97 Å². The highest BCUT2D eigenvalue weighted by molar-refractivity contribution is 6.33. The Morgan fingerprint density at radius 2 is 1.95 bits per heavy atom. The predicted octanol–water partition coefficient (Wildman–Crippen LogP) is 4.37. The molecule has 0 heterocycles. The number of benzene rings is 2. The van der Waals surface area contributed by atoms with E-state index in [0.717, 1.165) is 0 Å². The molecule has 2 rings (SSSR count). The average Bonchev–Trinajstić information content (AvgIpc) is 2.46. The van der Waals surface area contributed by atoms with Gasteiger partial charge in [0.25, 0.3) is 0 Å². The van der Waals surface area contributed by atoms with Crippen molar-refractivity contribution < 1.29 is 14.3 Å². The maximum atomic E-state index is 13.8. The highest BCUT2D eigenvalue weighted by Gasteiger charge is 2.18. The molecule has 0 fully saturated rings. The van der Waals surface area contributed by atoms with Crippen LogP contribution < -0.4 is 4.90 Å². The molecule has 0 spiro atoms. The molecule has 21 heavy (non-hydrogen) atoms. The summed E-state index contributed by atoms with van der Waals surface area (Å²) in [5, 5.41) is 9.26. The van der Waals surface area contributed by atoms with Crippen LogP contribution in [0.5, 0.6) is 0 Å². The zero-order valence-corrected chi connectivity index (χ0v) is 12.4. The van der Waals surface area contributed by atoms with Crippen molar-refractivity contribution >= 4 is 23.3 Å². The summed E-state index contributed by atoms with van der Waals surface area (Å²) in [5.74, 6) is -1.32. The topological polar surface area (TPSA) is 40.5 Å². The number of rotatable bonds is 4. The molecule has 0 aliphatic rings. The van der Waals surface area contributed by atoms with Gasteiger partial charge in [-0.3, -0.25) is 0 Å². The van der Waals surface area contributed by atoms with E-state index in [1.54, 1.807) is 31.3 Å². The van der Waals surface area contributed by atoms with Gasteiger partial charge in [0.2, 0.25) is 0 Å². The number of carboxylic acid groups (broad SMARTS) is 1. The van der Waals surface area contributed by atoms with Crippen LogP contribution in [0.25, 0.3) is 0 Å². The molecule has 110 valence electrons. The van der Waals surface area contributed by atoms with E-state index in [9.17, 15) is 9.18 Å². The maximum Gasteiger partial charge on any atom is 0.335 e. The van der Waals surface area contributed by atoms with Crippen molar-refractivity contribution in [1.82, 2.24) is 0 Å². The molecule has 0 saturated heterocycles. The number of aromatic carboxylic acids is 1. The lowest BCUT2D eigenvalue weighted by molar-refractivity contribution is 0.0697. The quantitative estimate of drug-likeness (QED) is 0.911. The van der Waals surface area contributed by atoms with E-state index >= 15 is 0 Å². The molecule has 0 aliphatic heterocycles. The Kier molecular flexibility index (Phi) is 4.48. The molecule has 0 aromatic heterocycles. The van der Waals surface area contributed by atoms with Crippen LogP contribution in [-0.4, -0.2) is 18.1 Å². The van der Waals surface area contributed by atoms with Crippen molar-refractivity contribution in [3.05, 3.63) is 64.4 Å². The summed E-state index contributed by atoms with van der Waals surface area (Å²) in [7, 11) is 1.79. The minimum atomic E-state index is -1.03. The average molecular weight is 308 g/mol. The van der Waals surface area contributed by atoms with Gasteiger partial charge in [0.05, 0.1) is 22.3 Å². The molecule has 3 nitrogen and oxygen atoms in total. The molecule has 1 atom stereocenters. The van der Waals surface area contributed by atoms with Crippen LogP contribution in [0.2, 0.25) is 5.02 Å². The van der Waals surface area contributed by atoms with Gasteiger partial charge in [0, 0.05) is 12.6 Å². The van der Waals surface area contributed by atoms with Crippen LogP contribution in [0.1, 0.15) is 28.9 Å². The fraction of sp³-hybridized carbons (Fsp3) is 0.188. The van der Waals surface area contributed by atoms with E-state index in [2.05, 4.69) is 0 Å². The molecular formula is C16H15ClFNO2. The van der Waals surface area contributed by atoms with Gasteiger partial charge in [-0.2, -0.15) is 0 Å². The first-order valence-electron chi connectivity index (χ1n) is 6.42. The standard InChI is InChI=1S/C16H15ClFNO2/c1-10(12-5-3-4-6-14(12)18)19(2)15-8-7-11(16(20)21)9-13(15)17/h3-10H,1-2H3,(H,20,21). The number of hydrogen-bond acceptors (Lipinski definition) is 2. The summed E-state index contributed by atoms with van der Waals surface area (Å²) in [5.41, 5.74) is 1.33. The first kappa shape index (κ1) is 15.3. The number of hydrogen-bond donors (Lipinski definition) is 1. The summed E-state index contributed by atoms with van der Waals surface area (Å²) in [6.45, 7) is 1.86. The largest absolute Gasteiger partial charge is 0.478 e. The van der Waals surface area contributed by atoms with E-state index in [4.69, 9.17) is 16.7 Å². The van der Waals surface area contributed by atoms with Gasteiger partial charge < -0.3 is 10.0 Å². The summed E-state index contributed by atoms with van der Waals surface area (Å²) in [6, 6.07) is 10.8. The van der Waals surface area contributed by atoms with Crippen LogP contribution in [0, 0.1) is 5.82 Å². The normalized spacial score (nSPS) is 12.0. The van der Waals surface area contributed by atoms with Crippen molar-refractivity contribution in [2.24, 2.45) is 0 Å². The Bertz CT molecular complexity index is 675. The van der Waals surface area contributed by atoms with Gasteiger partial charge in [-0.1, -0.05) is 29.8 Å². The van der Waals surface area contributed by atoms with Gasteiger partial charge in [-0.15, -0.1) is 0 Å². The van der Waals surface area contributed by atoms with Crippen LogP contribution >= 0.6 is 11.6 Å². The number of carbonyl (C=O) groups is 1. The third-order valence-electron chi connectivity index (χ3n) is 3.51. The Morgan fingerprint density at radius 3 is 2.52 bits per heavy atom. The molecule has 2 aromatic rings. The Labute approximate surface area is 127 Å². The van der Waals surface area contributed by atoms with Crippen molar-refractivity contribution in [3.63, 3.8) is 0 Å². The molecule has 0 amide bonds. The molecule has 0 bridgehead atoms. The third-order valence-corrected chi connectivity index (χ3v) is 3.81. The van der Waals surface area contributed by atoms with Gasteiger partial charge in [-0.05, 0) is 31.2 Å². The molecule has 2 aromatic carbocycles. The van der Waals surface area contributed by atoms with Crippen molar-refractivity contribution in [3.8, 4) is 0 Å². The number of anilines is 1. The molecular weight excluding hydrogens is 293 g/mol. The van der Waals surface area contributed by atoms with E-state index in [-0.39, 0.29) is 17.4 Å². The summed E-state index contributed by atoms with van der Waals surface area (Å²) >= 11 is 6.14. The van der Waals surface area contributed by atoms with Crippen molar-refractivity contribution in [2.75, 3.05) is 11.9 Å². The fourth-order valence-corrected chi connectivity index (χ4v) is 2.47. The monoisotopic (exact) mass is 307 g/mol. The van der Waals surface area contributed by atoms with Gasteiger partial charge in [0.15, 0.2) is 0 Å². The number of halogens is 2. The van der Waals surface area contributed by atoms with Crippen LogP contribution in [0.15, 0.2) is 42.5 Å². The second-order valence-electron chi connectivity index (χ2n) is 4.78. The summed E-state index contributed by atoms with van der Waals surface area (Å²) in [4.78, 5) is 12.7. The van der Waals surface area contributed by atoms with Gasteiger partial charge in [0.1, 0.15) is 5.82 Å². The van der Waals surface area contributed by atoms with Crippen LogP contribution in [-0.2, 0) is 0 Å². The zero-order chi connectivity index (χ0) is 15.6. The Morgan fingerprint density at radius 1 is 1.29 bits per heavy atom. The number of carboxylic acids is 1. The lowest BCUT2D eigenvalue weighted by Gasteiger charge is -2.28. The Balaban J connectivity index is 2.34. The number of nitrogens with zero attached hydrogens (tertiary/aromatic N) is 1. The first-order valence-corrected chi connectivity index (χ1v) is 6.79. The van der Waals surface area contributed by atoms with Crippen LogP contribution in [0.3, 0.4) is 0 Å². The van der Waals surface area contributed by atoms with E-state index < -0.39 is 5.97 Å². The summed E-state index contributed by atoms with van der Waals surface area (Å²) in [6.07, 6.45) is 0. The zero-order valence-electron chi connectivity index (χ0n) is 11.7. The molecule has 0 aliphatic carbocycles. The molecule has 1 N–H and O–H groups in total. The van der Waals surface area contributed by atoms with Crippen molar-refractivity contribution in [1.29, 1.82) is 0 Å². The van der Waals surface area contributed by atoms with Crippen LogP contribution in [0.4, 0.5) is 10.1 Å². The summed E-state index contributed by atoms with van der Waals surface area (Å²) < 4.78 is 13.8. The lowest BCUT2D eigenvalue weighted by Crippen LogP contribution is -2.23. The molecule has 0 radical (unpaired) electrons. The highest BCUT2D eigenvalue weighted by Crippen LogP contribution is 2.32. The van der Waals surface area contributed by atoms with E-state index in [1.165, 1.54) is 18.2 Å². The fourth-order valence-electron chi connectivity index (χ4n) is 2.16. The Hall–Kier alpha value is -2.07. The second-order valence-corrected chi connectivity index (χ2v) is 5.19. The van der Waals surface area contributed by atoms with E-state index in [1.807, 2.05) is 11.8 Å².